The van der Waals surface area contributed by atoms with Gasteiger partial charge in [-0.15, -0.1) is 0 Å². The van der Waals surface area contributed by atoms with Gasteiger partial charge in [0.1, 0.15) is 0 Å². The normalized spacial score (nSPS) is 26.9. The molecule has 2 rings (SSSR count). The molecule has 0 aromatic heterocycles. The van der Waals surface area contributed by atoms with Crippen LogP contribution < -0.4 is 11.1 Å². The maximum Gasteiger partial charge on any atom is 0.0879 e. The van der Waals surface area contributed by atoms with E-state index < -0.39 is 0 Å². The maximum atomic E-state index is 5.82. The molecule has 150 valence electrons. The van der Waals surface area contributed by atoms with E-state index in [4.69, 9.17) is 5.73 Å². The van der Waals surface area contributed by atoms with Gasteiger partial charge < -0.3 is 16.0 Å². The quantitative estimate of drug-likeness (QED) is 0.779. The van der Waals surface area contributed by atoms with Crippen LogP contribution in [0.15, 0.2) is 53.5 Å². The second-order valence-corrected chi connectivity index (χ2v) is 7.86. The van der Waals surface area contributed by atoms with Crippen molar-refractivity contribution in [1.82, 2.24) is 15.1 Å². The average molecular weight is 372 g/mol. The molecule has 3 N–H and O–H groups in total. The second-order valence-electron chi connectivity index (χ2n) is 7.86. The number of rotatable bonds is 5. The fourth-order valence-corrected chi connectivity index (χ4v) is 3.66. The second kappa shape index (κ2) is 11.0. The van der Waals surface area contributed by atoms with E-state index in [0.717, 1.165) is 64.0 Å². The SMILES string of the molecule is C=C(N)C1=C/N=C/NCCC(CC(=C)N2CCN(C(C)C)CC2)CC/C=C\1. The minimum atomic E-state index is 0.547. The van der Waals surface area contributed by atoms with Crippen LogP contribution in [0.4, 0.5) is 0 Å². The average Bonchev–Trinajstić information content (AvgIpc) is 2.63. The Bertz CT molecular complexity index is 580. The summed E-state index contributed by atoms with van der Waals surface area (Å²) in [6.45, 7) is 18.2. The maximum absolute atomic E-state index is 5.82. The van der Waals surface area contributed by atoms with Crippen molar-refractivity contribution in [2.75, 3.05) is 32.7 Å². The Kier molecular flexibility index (Phi) is 8.65. The minimum absolute atomic E-state index is 0.547. The third-order valence-corrected chi connectivity index (χ3v) is 5.50. The molecule has 0 spiro atoms. The van der Waals surface area contributed by atoms with Gasteiger partial charge in [0.15, 0.2) is 0 Å². The summed E-state index contributed by atoms with van der Waals surface area (Å²) < 4.78 is 0. The van der Waals surface area contributed by atoms with Crippen molar-refractivity contribution in [3.8, 4) is 0 Å². The number of aliphatic imine (C=N–C) groups is 1. The van der Waals surface area contributed by atoms with E-state index in [1.807, 2.05) is 6.08 Å². The highest BCUT2D eigenvalue weighted by Crippen LogP contribution is 2.23. The van der Waals surface area contributed by atoms with E-state index in [0.29, 0.717) is 17.7 Å². The first-order valence-electron chi connectivity index (χ1n) is 10.2. The Morgan fingerprint density at radius 1 is 1.26 bits per heavy atom. The summed E-state index contributed by atoms with van der Waals surface area (Å²) in [5.74, 6) is 0.624. The summed E-state index contributed by atoms with van der Waals surface area (Å²) >= 11 is 0. The van der Waals surface area contributed by atoms with Crippen molar-refractivity contribution in [3.63, 3.8) is 0 Å². The summed E-state index contributed by atoms with van der Waals surface area (Å²) in [7, 11) is 0. The van der Waals surface area contributed by atoms with E-state index in [-0.39, 0.29) is 0 Å². The molecule has 0 saturated carbocycles. The largest absolute Gasteiger partial charge is 0.399 e. The van der Waals surface area contributed by atoms with Crippen LogP contribution >= 0.6 is 0 Å². The van der Waals surface area contributed by atoms with Crippen LogP contribution in [0.25, 0.3) is 0 Å². The van der Waals surface area contributed by atoms with Crippen LogP contribution in [0.5, 0.6) is 0 Å². The molecule has 5 nitrogen and oxygen atoms in total. The van der Waals surface area contributed by atoms with Crippen molar-refractivity contribution in [2.24, 2.45) is 16.6 Å². The minimum Gasteiger partial charge on any atom is -0.399 e. The van der Waals surface area contributed by atoms with E-state index in [1.54, 1.807) is 12.5 Å². The van der Waals surface area contributed by atoms with E-state index in [1.165, 1.54) is 5.70 Å². The molecule has 5 heteroatoms. The van der Waals surface area contributed by atoms with Crippen molar-refractivity contribution >= 4 is 6.34 Å². The van der Waals surface area contributed by atoms with Crippen molar-refractivity contribution in [3.05, 3.63) is 48.5 Å². The summed E-state index contributed by atoms with van der Waals surface area (Å²) in [5, 5.41) is 3.28. The molecule has 1 atom stereocenters. The molecule has 2 aliphatic rings. The van der Waals surface area contributed by atoms with Gasteiger partial charge in [0.25, 0.3) is 0 Å². The van der Waals surface area contributed by atoms with Gasteiger partial charge in [0, 0.05) is 61.9 Å². The monoisotopic (exact) mass is 371 g/mol. The van der Waals surface area contributed by atoms with Crippen LogP contribution in [0.1, 0.15) is 39.5 Å². The van der Waals surface area contributed by atoms with Crippen LogP contribution in [-0.4, -0.2) is 54.9 Å². The number of piperazine rings is 1. The van der Waals surface area contributed by atoms with Gasteiger partial charge in [-0.3, -0.25) is 4.90 Å². The standard InChI is InChI=1S/C22H37N5/c1-18(2)26-11-13-27(14-12-26)19(3)15-21-7-5-6-8-22(20(4)23)16-25-17-24-10-9-21/h6,8,16-18,21H,3-5,7,9-15,23H2,1-2H3,(H,24,25)/b8-6-,22-16+. The summed E-state index contributed by atoms with van der Waals surface area (Å²) in [5.41, 5.74) is 8.54. The molecule has 1 unspecified atom stereocenters. The summed E-state index contributed by atoms with van der Waals surface area (Å²) in [6, 6.07) is 0.634. The zero-order valence-corrected chi connectivity index (χ0v) is 17.2. The number of hydrogen-bond acceptors (Lipinski definition) is 5. The molecule has 2 heterocycles. The topological polar surface area (TPSA) is 56.9 Å². The molecular formula is C22H37N5. The zero-order valence-electron chi connectivity index (χ0n) is 17.2. The lowest BCUT2D eigenvalue weighted by atomic mass is 9.93. The predicted molar refractivity (Wildman–Crippen MR) is 116 cm³/mol. The Morgan fingerprint density at radius 2 is 2.00 bits per heavy atom. The molecule has 0 bridgehead atoms. The number of nitrogens with two attached hydrogens (primary N) is 1. The predicted octanol–water partition coefficient (Wildman–Crippen LogP) is 3.25. The number of allylic oxidation sites excluding steroid dienone is 3. The molecule has 1 fully saturated rings. The van der Waals surface area contributed by atoms with Crippen molar-refractivity contribution < 1.29 is 0 Å². The molecule has 0 aromatic carbocycles. The number of nitrogens with one attached hydrogen (secondary N) is 1. The van der Waals surface area contributed by atoms with Crippen LogP contribution in [0, 0.1) is 5.92 Å². The smallest absolute Gasteiger partial charge is 0.0879 e. The third-order valence-electron chi connectivity index (χ3n) is 5.50. The molecule has 0 aromatic rings. The molecule has 2 aliphatic heterocycles. The molecular weight excluding hydrogens is 334 g/mol. The third kappa shape index (κ3) is 7.25. The van der Waals surface area contributed by atoms with Gasteiger partial charge in [0.05, 0.1) is 6.34 Å². The van der Waals surface area contributed by atoms with Crippen LogP contribution in [-0.2, 0) is 0 Å². The first-order valence-corrected chi connectivity index (χ1v) is 10.2. The van der Waals surface area contributed by atoms with Crippen LogP contribution in [0.2, 0.25) is 0 Å². The Balaban J connectivity index is 1.88. The Labute approximate surface area is 165 Å². The van der Waals surface area contributed by atoms with Gasteiger partial charge in [-0.25, -0.2) is 4.99 Å². The zero-order chi connectivity index (χ0) is 19.6. The fraction of sp³-hybridized carbons (Fsp3) is 0.591. The lowest BCUT2D eigenvalue weighted by Gasteiger charge is -2.39. The first kappa shape index (κ1) is 21.3. The van der Waals surface area contributed by atoms with Gasteiger partial charge in [-0.05, 0) is 45.4 Å². The highest BCUT2D eigenvalue weighted by atomic mass is 15.3. The van der Waals surface area contributed by atoms with Gasteiger partial charge in [-0.1, -0.05) is 25.3 Å². The van der Waals surface area contributed by atoms with Gasteiger partial charge >= 0.3 is 0 Å². The van der Waals surface area contributed by atoms with E-state index in [2.05, 4.69) is 53.2 Å². The summed E-state index contributed by atoms with van der Waals surface area (Å²) in [4.78, 5) is 9.30. The summed E-state index contributed by atoms with van der Waals surface area (Å²) in [6.07, 6.45) is 12.1. The molecule has 0 aliphatic carbocycles. The van der Waals surface area contributed by atoms with Gasteiger partial charge in [-0.2, -0.15) is 0 Å². The van der Waals surface area contributed by atoms with Crippen molar-refractivity contribution in [2.45, 2.75) is 45.6 Å². The molecule has 1 saturated heterocycles. The first-order chi connectivity index (χ1) is 13.0. The fourth-order valence-electron chi connectivity index (χ4n) is 3.66. The Hall–Kier alpha value is -2.01. The van der Waals surface area contributed by atoms with E-state index in [9.17, 15) is 0 Å². The van der Waals surface area contributed by atoms with E-state index >= 15 is 0 Å². The lowest BCUT2D eigenvalue weighted by Crippen LogP contribution is -2.48. The molecule has 0 amide bonds. The van der Waals surface area contributed by atoms with Crippen LogP contribution in [0.3, 0.4) is 0 Å². The van der Waals surface area contributed by atoms with Crippen molar-refractivity contribution in [1.29, 1.82) is 0 Å². The number of hydrogen-bond donors (Lipinski definition) is 2. The highest BCUT2D eigenvalue weighted by molar-refractivity contribution is 5.56. The Morgan fingerprint density at radius 3 is 2.67 bits per heavy atom. The molecule has 0 radical (unpaired) electrons. The lowest BCUT2D eigenvalue weighted by molar-refractivity contribution is 0.125. The van der Waals surface area contributed by atoms with Gasteiger partial charge in [0.2, 0.25) is 0 Å². The number of nitrogens with zero attached hydrogens (tertiary/aromatic N) is 3. The molecule has 27 heavy (non-hydrogen) atoms. The highest BCUT2D eigenvalue weighted by Gasteiger charge is 2.21.